The van der Waals surface area contributed by atoms with Gasteiger partial charge in [-0.25, -0.2) is 4.39 Å². The maximum Gasteiger partial charge on any atom is 0.245 e. The molecule has 0 saturated heterocycles. The number of aliphatic imine (C=N–C) groups is 2. The number of hydrogen-bond donors (Lipinski definition) is 5. The lowest BCUT2D eigenvalue weighted by Crippen LogP contribution is -2.93. The first kappa shape index (κ1) is 24.8. The Bertz CT molecular complexity index is 1310. The quantitative estimate of drug-likeness (QED) is 0.231. The standard InChI is InChI=1S/C26H27FN6O3/c1-35-22-11-17(7-8-21(22)36-15-16-5-3-2-4-6-16)12-23-31-20-14-18(27)13-19(30-9-10-34)24(20)25(32-23)33-26(28)29/h2-8,11,13-14,30,34H,9-10,12,15H2,1H3,(H4,28,29,31,32,33)/p+1. The van der Waals surface area contributed by atoms with Crippen LogP contribution in [-0.2, 0) is 13.0 Å². The SMILES string of the molecule is COc1cc(CC2=Nc3cc(F)cc(NCCO)c3/C(=N/C(=N)N)[NH2+]2)ccc1OCc1ccccc1. The third kappa shape index (κ3) is 6.04. The van der Waals surface area contributed by atoms with E-state index in [4.69, 9.17) is 20.6 Å². The molecule has 10 heteroatoms. The fourth-order valence-electron chi connectivity index (χ4n) is 3.89. The summed E-state index contributed by atoms with van der Waals surface area (Å²) in [4.78, 5) is 8.78. The van der Waals surface area contributed by atoms with Crippen molar-refractivity contribution in [3.05, 3.63) is 83.2 Å². The zero-order valence-electron chi connectivity index (χ0n) is 19.8. The Morgan fingerprint density at radius 1 is 1.14 bits per heavy atom. The summed E-state index contributed by atoms with van der Waals surface area (Å²) < 4.78 is 25.8. The maximum absolute atomic E-state index is 14.3. The monoisotopic (exact) mass is 491 g/mol. The summed E-state index contributed by atoms with van der Waals surface area (Å²) >= 11 is 0. The summed E-state index contributed by atoms with van der Waals surface area (Å²) in [6.07, 6.45) is 0.404. The Morgan fingerprint density at radius 2 is 1.94 bits per heavy atom. The largest absolute Gasteiger partial charge is 0.493 e. The number of fused-ring (bicyclic) bond motifs is 1. The number of hydrogen-bond acceptors (Lipinski definition) is 6. The van der Waals surface area contributed by atoms with Crippen molar-refractivity contribution < 1.29 is 24.3 Å². The molecule has 4 rings (SSSR count). The van der Waals surface area contributed by atoms with E-state index < -0.39 is 5.82 Å². The lowest BCUT2D eigenvalue weighted by atomic mass is 10.0. The van der Waals surface area contributed by atoms with E-state index in [2.05, 4.69) is 15.3 Å². The molecule has 0 atom stereocenters. The molecule has 0 radical (unpaired) electrons. The molecule has 0 bridgehead atoms. The van der Waals surface area contributed by atoms with Crippen LogP contribution in [0.1, 0.15) is 16.7 Å². The number of aliphatic hydroxyl groups is 1. The molecule has 0 amide bonds. The number of ether oxygens (including phenoxy) is 2. The Labute approximate surface area is 208 Å². The zero-order valence-corrected chi connectivity index (χ0v) is 19.8. The number of halogens is 1. The second kappa shape index (κ2) is 11.4. The van der Waals surface area contributed by atoms with E-state index >= 15 is 0 Å². The van der Waals surface area contributed by atoms with Crippen molar-refractivity contribution in [1.29, 1.82) is 5.41 Å². The van der Waals surface area contributed by atoms with Gasteiger partial charge in [-0.2, -0.15) is 9.98 Å². The highest BCUT2D eigenvalue weighted by Gasteiger charge is 2.28. The minimum Gasteiger partial charge on any atom is -0.493 e. The molecule has 1 aliphatic rings. The highest BCUT2D eigenvalue weighted by molar-refractivity contribution is 6.11. The molecular weight excluding hydrogens is 463 g/mol. The molecule has 0 spiro atoms. The van der Waals surface area contributed by atoms with Crippen LogP contribution in [0.15, 0.2) is 70.6 Å². The Balaban J connectivity index is 1.60. The molecule has 0 aliphatic carbocycles. The van der Waals surface area contributed by atoms with Gasteiger partial charge in [-0.3, -0.25) is 10.7 Å². The van der Waals surface area contributed by atoms with Crippen LogP contribution in [0.25, 0.3) is 0 Å². The smallest absolute Gasteiger partial charge is 0.245 e. The first-order valence-corrected chi connectivity index (χ1v) is 11.3. The highest BCUT2D eigenvalue weighted by Crippen LogP contribution is 2.32. The number of aliphatic hydroxyl groups excluding tert-OH is 1. The van der Waals surface area contributed by atoms with E-state index in [1.165, 1.54) is 12.1 Å². The Kier molecular flexibility index (Phi) is 7.89. The third-order valence-corrected chi connectivity index (χ3v) is 5.42. The van der Waals surface area contributed by atoms with E-state index in [9.17, 15) is 9.50 Å². The van der Waals surface area contributed by atoms with Crippen molar-refractivity contribution in [3.63, 3.8) is 0 Å². The Hall–Kier alpha value is -4.28. The number of nitrogens with one attached hydrogen (secondary N) is 2. The number of methoxy groups -OCH3 is 1. The van der Waals surface area contributed by atoms with Crippen molar-refractivity contribution in [2.45, 2.75) is 13.0 Å². The van der Waals surface area contributed by atoms with Gasteiger partial charge in [-0.15, -0.1) is 0 Å². The molecule has 9 nitrogen and oxygen atoms in total. The minimum atomic E-state index is -0.483. The highest BCUT2D eigenvalue weighted by atomic mass is 19.1. The van der Waals surface area contributed by atoms with Gasteiger partial charge in [0.2, 0.25) is 17.6 Å². The van der Waals surface area contributed by atoms with E-state index in [1.807, 2.05) is 48.5 Å². The lowest BCUT2D eigenvalue weighted by Gasteiger charge is -2.19. The van der Waals surface area contributed by atoms with Gasteiger partial charge in [0, 0.05) is 12.6 Å². The van der Waals surface area contributed by atoms with E-state index in [0.717, 1.165) is 11.1 Å². The third-order valence-electron chi connectivity index (χ3n) is 5.42. The second-order valence-electron chi connectivity index (χ2n) is 8.06. The van der Waals surface area contributed by atoms with Crippen LogP contribution in [0.5, 0.6) is 11.5 Å². The second-order valence-corrected chi connectivity index (χ2v) is 8.06. The lowest BCUT2D eigenvalue weighted by molar-refractivity contribution is -0.409. The molecular formula is C26H28FN6O3+. The van der Waals surface area contributed by atoms with Crippen LogP contribution in [-0.4, -0.2) is 43.0 Å². The van der Waals surface area contributed by atoms with Crippen molar-refractivity contribution in [2.75, 3.05) is 25.6 Å². The number of guanidine groups is 1. The Morgan fingerprint density at radius 3 is 2.67 bits per heavy atom. The molecule has 1 heterocycles. The first-order chi connectivity index (χ1) is 17.5. The summed E-state index contributed by atoms with van der Waals surface area (Å²) in [5.41, 5.74) is 8.80. The molecule has 0 aromatic heterocycles. The number of nitrogens with zero attached hydrogens (tertiary/aromatic N) is 2. The van der Waals surface area contributed by atoms with Crippen molar-refractivity contribution >= 4 is 29.0 Å². The van der Waals surface area contributed by atoms with Crippen LogP contribution < -0.4 is 25.8 Å². The summed E-state index contributed by atoms with van der Waals surface area (Å²) in [6.45, 7) is 0.505. The van der Waals surface area contributed by atoms with E-state index in [1.54, 1.807) is 12.4 Å². The molecule has 3 aromatic rings. The summed E-state index contributed by atoms with van der Waals surface area (Å²) in [7, 11) is 1.58. The van der Waals surface area contributed by atoms with Crippen molar-refractivity contribution in [1.82, 2.24) is 0 Å². The van der Waals surface area contributed by atoms with Crippen LogP contribution in [0.2, 0.25) is 0 Å². The van der Waals surface area contributed by atoms with Crippen LogP contribution in [0, 0.1) is 11.2 Å². The van der Waals surface area contributed by atoms with Crippen LogP contribution >= 0.6 is 0 Å². The van der Waals surface area contributed by atoms with Gasteiger partial charge in [0.1, 0.15) is 18.0 Å². The summed E-state index contributed by atoms with van der Waals surface area (Å²) in [5.74, 6) is 1.33. The van der Waals surface area contributed by atoms with Gasteiger partial charge in [0.05, 0.1) is 31.5 Å². The number of quaternary nitrogens is 1. The number of rotatable bonds is 9. The summed E-state index contributed by atoms with van der Waals surface area (Å²) in [6, 6.07) is 18.1. The molecule has 7 N–H and O–H groups in total. The number of benzene rings is 3. The normalized spacial score (nSPS) is 13.6. The maximum atomic E-state index is 14.3. The summed E-state index contributed by atoms with van der Waals surface area (Å²) in [5, 5.41) is 21.5. The van der Waals surface area contributed by atoms with Gasteiger partial charge >= 0.3 is 0 Å². The van der Waals surface area contributed by atoms with E-state index in [0.29, 0.717) is 53.1 Å². The molecule has 36 heavy (non-hydrogen) atoms. The van der Waals surface area contributed by atoms with Crippen molar-refractivity contribution in [2.24, 2.45) is 15.7 Å². The number of amidine groups is 2. The number of anilines is 1. The molecule has 0 saturated carbocycles. The predicted octanol–water partition coefficient (Wildman–Crippen LogP) is 2.31. The van der Waals surface area contributed by atoms with Gasteiger partial charge < -0.3 is 25.6 Å². The molecule has 0 unspecified atom stereocenters. The van der Waals surface area contributed by atoms with Crippen LogP contribution in [0.4, 0.5) is 15.8 Å². The van der Waals surface area contributed by atoms with Gasteiger partial charge in [-0.05, 0) is 29.3 Å². The average molecular weight is 492 g/mol. The molecule has 186 valence electrons. The molecule has 0 fully saturated rings. The minimum absolute atomic E-state index is 0.129. The molecule has 3 aromatic carbocycles. The van der Waals surface area contributed by atoms with Crippen molar-refractivity contribution in [3.8, 4) is 11.5 Å². The number of nitrogens with two attached hydrogens (primary N) is 2. The fraction of sp³-hybridized carbons (Fsp3) is 0.192. The first-order valence-electron chi connectivity index (χ1n) is 11.3. The van der Waals surface area contributed by atoms with E-state index in [-0.39, 0.29) is 19.1 Å². The predicted molar refractivity (Wildman–Crippen MR) is 137 cm³/mol. The topological polar surface area (TPSA) is 142 Å². The average Bonchev–Trinajstić information content (AvgIpc) is 2.86. The fourth-order valence-corrected chi connectivity index (χ4v) is 3.89. The van der Waals surface area contributed by atoms with Gasteiger partial charge in [-0.1, -0.05) is 36.4 Å². The van der Waals surface area contributed by atoms with Gasteiger partial charge in [0.25, 0.3) is 0 Å². The van der Waals surface area contributed by atoms with Gasteiger partial charge in [0.15, 0.2) is 11.5 Å². The zero-order chi connectivity index (χ0) is 25.5. The molecule has 1 aliphatic heterocycles. The van der Waals surface area contributed by atoms with Crippen LogP contribution in [0.3, 0.4) is 0 Å².